The van der Waals surface area contributed by atoms with E-state index in [9.17, 15) is 17.6 Å². The molecular weight excluding hydrogens is 299 g/mol. The minimum Gasteiger partial charge on any atom is -0.465 e. The normalized spacial score (nSPS) is 20.2. The van der Waals surface area contributed by atoms with E-state index in [0.29, 0.717) is 19.6 Å². The van der Waals surface area contributed by atoms with E-state index in [-0.39, 0.29) is 16.5 Å². The Morgan fingerprint density at radius 1 is 1.48 bits per heavy atom. The van der Waals surface area contributed by atoms with E-state index >= 15 is 0 Å². The van der Waals surface area contributed by atoms with Crippen molar-refractivity contribution in [3.05, 3.63) is 29.6 Å². The average Bonchev–Trinajstić information content (AvgIpc) is 2.46. The van der Waals surface area contributed by atoms with Crippen molar-refractivity contribution < 1.29 is 22.3 Å². The first-order valence-corrected chi connectivity index (χ1v) is 7.91. The number of piperazine rings is 1. The Balaban J connectivity index is 2.47. The minimum atomic E-state index is -3.87. The highest BCUT2D eigenvalue weighted by Crippen LogP contribution is 2.23. The van der Waals surface area contributed by atoms with Crippen molar-refractivity contribution in [1.82, 2.24) is 9.62 Å². The van der Waals surface area contributed by atoms with Crippen molar-refractivity contribution in [2.45, 2.75) is 17.9 Å². The molecular formula is C13H17FN2O4S. The molecule has 1 fully saturated rings. The first kappa shape index (κ1) is 15.9. The van der Waals surface area contributed by atoms with Crippen molar-refractivity contribution in [2.75, 3.05) is 26.7 Å². The molecule has 0 radical (unpaired) electrons. The second-order valence-corrected chi connectivity index (χ2v) is 6.76. The van der Waals surface area contributed by atoms with Gasteiger partial charge in [-0.3, -0.25) is 0 Å². The van der Waals surface area contributed by atoms with E-state index < -0.39 is 21.8 Å². The molecule has 0 aromatic heterocycles. The van der Waals surface area contributed by atoms with Gasteiger partial charge in [-0.25, -0.2) is 17.6 Å². The summed E-state index contributed by atoms with van der Waals surface area (Å²) in [6.45, 7) is 2.98. The van der Waals surface area contributed by atoms with Crippen LogP contribution in [-0.4, -0.2) is 51.5 Å². The molecule has 1 aliphatic rings. The van der Waals surface area contributed by atoms with E-state index in [1.807, 2.05) is 6.92 Å². The molecule has 116 valence electrons. The largest absolute Gasteiger partial charge is 0.465 e. The predicted octanol–water partition coefficient (Wildman–Crippen LogP) is 0.595. The summed E-state index contributed by atoms with van der Waals surface area (Å²) in [6.07, 6.45) is 0. The van der Waals surface area contributed by atoms with Crippen molar-refractivity contribution in [1.29, 1.82) is 0 Å². The van der Waals surface area contributed by atoms with Gasteiger partial charge >= 0.3 is 5.97 Å². The number of hydrogen-bond acceptors (Lipinski definition) is 5. The van der Waals surface area contributed by atoms with Gasteiger partial charge in [-0.2, -0.15) is 4.31 Å². The Labute approximate surface area is 122 Å². The number of methoxy groups -OCH3 is 1. The molecule has 6 nitrogen and oxygen atoms in total. The molecule has 1 saturated heterocycles. The van der Waals surface area contributed by atoms with Gasteiger partial charge in [-0.1, -0.05) is 0 Å². The maximum absolute atomic E-state index is 13.3. The fourth-order valence-electron chi connectivity index (χ4n) is 2.25. The van der Waals surface area contributed by atoms with Crippen LogP contribution in [0.1, 0.15) is 17.3 Å². The molecule has 8 heteroatoms. The summed E-state index contributed by atoms with van der Waals surface area (Å²) >= 11 is 0. The summed E-state index contributed by atoms with van der Waals surface area (Å²) in [5.74, 6) is -1.57. The first-order valence-electron chi connectivity index (χ1n) is 6.47. The zero-order valence-corrected chi connectivity index (χ0v) is 12.6. The highest BCUT2D eigenvalue weighted by atomic mass is 32.2. The number of nitrogens with one attached hydrogen (secondary N) is 1. The predicted molar refractivity (Wildman–Crippen MR) is 74.0 cm³/mol. The molecule has 21 heavy (non-hydrogen) atoms. The van der Waals surface area contributed by atoms with Gasteiger partial charge in [0.05, 0.1) is 17.6 Å². The Kier molecular flexibility index (Phi) is 4.60. The maximum Gasteiger partial charge on any atom is 0.339 e. The number of carbonyl (C=O) groups is 1. The summed E-state index contributed by atoms with van der Waals surface area (Å²) in [6, 6.07) is 3.01. The highest BCUT2D eigenvalue weighted by Gasteiger charge is 2.32. The smallest absolute Gasteiger partial charge is 0.339 e. The number of carbonyl (C=O) groups excluding carboxylic acids is 1. The molecule has 1 heterocycles. The molecule has 1 aromatic rings. The summed E-state index contributed by atoms with van der Waals surface area (Å²) in [4.78, 5) is 11.5. The highest BCUT2D eigenvalue weighted by molar-refractivity contribution is 7.89. The molecule has 0 bridgehead atoms. The summed E-state index contributed by atoms with van der Waals surface area (Å²) in [5, 5.41) is 3.14. The van der Waals surface area contributed by atoms with E-state index in [0.717, 1.165) is 25.3 Å². The van der Waals surface area contributed by atoms with E-state index in [2.05, 4.69) is 10.1 Å². The molecule has 1 N–H and O–H groups in total. The van der Waals surface area contributed by atoms with Crippen LogP contribution in [0.4, 0.5) is 4.39 Å². The lowest BCUT2D eigenvalue weighted by Gasteiger charge is -2.31. The van der Waals surface area contributed by atoms with Crippen LogP contribution in [0.15, 0.2) is 23.1 Å². The van der Waals surface area contributed by atoms with E-state index in [4.69, 9.17) is 0 Å². The van der Waals surface area contributed by atoms with Crippen molar-refractivity contribution >= 4 is 16.0 Å². The van der Waals surface area contributed by atoms with Gasteiger partial charge in [-0.05, 0) is 25.1 Å². The SMILES string of the molecule is COC(=O)c1cc(F)ccc1S(=O)(=O)N1CCNC(C)C1. The summed E-state index contributed by atoms with van der Waals surface area (Å²) in [5.41, 5.74) is -0.288. The lowest BCUT2D eigenvalue weighted by Crippen LogP contribution is -2.51. The number of hydrogen-bond donors (Lipinski definition) is 1. The fourth-order valence-corrected chi connectivity index (χ4v) is 3.94. The van der Waals surface area contributed by atoms with Crippen LogP contribution >= 0.6 is 0 Å². The van der Waals surface area contributed by atoms with Crippen molar-refractivity contribution in [2.24, 2.45) is 0 Å². The molecule has 1 aromatic carbocycles. The number of nitrogens with zero attached hydrogens (tertiary/aromatic N) is 1. The quantitative estimate of drug-likeness (QED) is 0.826. The molecule has 1 unspecified atom stereocenters. The number of halogens is 1. The van der Waals surface area contributed by atoms with E-state index in [1.165, 1.54) is 4.31 Å². The molecule has 0 amide bonds. The molecule has 1 aliphatic heterocycles. The average molecular weight is 316 g/mol. The van der Waals surface area contributed by atoms with Gasteiger partial charge in [0.2, 0.25) is 10.0 Å². The van der Waals surface area contributed by atoms with Gasteiger partial charge in [0.15, 0.2) is 0 Å². The third kappa shape index (κ3) is 3.22. The monoisotopic (exact) mass is 316 g/mol. The summed E-state index contributed by atoms with van der Waals surface area (Å²) < 4.78 is 44.4. The Morgan fingerprint density at radius 3 is 2.81 bits per heavy atom. The zero-order chi connectivity index (χ0) is 15.6. The lowest BCUT2D eigenvalue weighted by molar-refractivity contribution is 0.0595. The third-order valence-corrected chi connectivity index (χ3v) is 5.22. The van der Waals surface area contributed by atoms with Crippen LogP contribution in [0.25, 0.3) is 0 Å². The third-order valence-electron chi connectivity index (χ3n) is 3.30. The zero-order valence-electron chi connectivity index (χ0n) is 11.8. The number of benzene rings is 1. The van der Waals surface area contributed by atoms with Crippen LogP contribution < -0.4 is 5.32 Å². The first-order chi connectivity index (χ1) is 9.86. The van der Waals surface area contributed by atoms with Crippen molar-refractivity contribution in [3.63, 3.8) is 0 Å². The van der Waals surface area contributed by atoms with Gasteiger partial charge in [0.1, 0.15) is 5.82 Å². The lowest BCUT2D eigenvalue weighted by atomic mass is 10.2. The van der Waals surface area contributed by atoms with Gasteiger partial charge in [-0.15, -0.1) is 0 Å². The van der Waals surface area contributed by atoms with Crippen LogP contribution in [0.2, 0.25) is 0 Å². The summed E-state index contributed by atoms with van der Waals surface area (Å²) in [7, 11) is -2.75. The van der Waals surface area contributed by atoms with Gasteiger partial charge in [0, 0.05) is 25.7 Å². The molecule has 0 saturated carbocycles. The number of esters is 1. The fraction of sp³-hybridized carbons (Fsp3) is 0.462. The van der Waals surface area contributed by atoms with Crippen LogP contribution in [0, 0.1) is 5.82 Å². The maximum atomic E-state index is 13.3. The van der Waals surface area contributed by atoms with E-state index in [1.54, 1.807) is 0 Å². The van der Waals surface area contributed by atoms with Crippen LogP contribution in [-0.2, 0) is 14.8 Å². The molecule has 0 aliphatic carbocycles. The molecule has 1 atom stereocenters. The second kappa shape index (κ2) is 6.08. The standard InChI is InChI=1S/C13H17FN2O4S/c1-9-8-16(6-5-15-9)21(18,19)12-4-3-10(14)7-11(12)13(17)20-2/h3-4,7,9,15H,5-6,8H2,1-2H3. The van der Waals surface area contributed by atoms with Gasteiger partial charge < -0.3 is 10.1 Å². The Bertz CT molecular complexity index is 648. The van der Waals surface area contributed by atoms with Crippen LogP contribution in [0.5, 0.6) is 0 Å². The number of sulfonamides is 1. The van der Waals surface area contributed by atoms with Gasteiger partial charge in [0.25, 0.3) is 0 Å². The van der Waals surface area contributed by atoms with Crippen molar-refractivity contribution in [3.8, 4) is 0 Å². The minimum absolute atomic E-state index is 0.00977. The Morgan fingerprint density at radius 2 is 2.19 bits per heavy atom. The number of rotatable bonds is 3. The number of ether oxygens (including phenoxy) is 1. The topological polar surface area (TPSA) is 75.7 Å². The molecule has 2 rings (SSSR count). The second-order valence-electron chi connectivity index (χ2n) is 4.85. The van der Waals surface area contributed by atoms with Crippen LogP contribution in [0.3, 0.4) is 0 Å². The Hall–Kier alpha value is -1.51. The molecule has 0 spiro atoms.